The smallest absolute Gasteiger partial charge is 0.416 e. The number of hydrogen-bond acceptors (Lipinski definition) is 4. The number of furan rings is 1. The van der Waals surface area contributed by atoms with Crippen LogP contribution in [-0.2, 0) is 17.5 Å². The largest absolute Gasteiger partial charge is 0.456 e. The Morgan fingerprint density at radius 1 is 1.17 bits per heavy atom. The fraction of sp³-hybridized carbons (Fsp3) is 0.150. The first kappa shape index (κ1) is 20.1. The summed E-state index contributed by atoms with van der Waals surface area (Å²) in [5.41, 5.74) is 0.145. The molecule has 0 aliphatic heterocycles. The van der Waals surface area contributed by atoms with Crippen molar-refractivity contribution in [3.63, 3.8) is 0 Å². The predicted molar refractivity (Wildman–Crippen MR) is 99.1 cm³/mol. The van der Waals surface area contributed by atoms with Gasteiger partial charge in [-0.3, -0.25) is 14.3 Å². The zero-order valence-corrected chi connectivity index (χ0v) is 15.2. The van der Waals surface area contributed by atoms with Crippen LogP contribution in [0.5, 0.6) is 0 Å². The quantitative estimate of drug-likeness (QED) is 0.489. The first-order valence-corrected chi connectivity index (χ1v) is 8.49. The first-order valence-electron chi connectivity index (χ1n) is 8.49. The minimum atomic E-state index is -4.40. The van der Waals surface area contributed by atoms with Gasteiger partial charge in [0, 0.05) is 19.2 Å². The molecule has 3 rings (SSSR count). The van der Waals surface area contributed by atoms with E-state index in [1.807, 2.05) is 0 Å². The van der Waals surface area contributed by atoms with Crippen LogP contribution in [0.4, 0.5) is 18.9 Å². The number of carbonyl (C=O) groups excluding carboxylic acids is 2. The second kappa shape index (κ2) is 8.17. The van der Waals surface area contributed by atoms with E-state index < -0.39 is 17.6 Å². The normalized spacial score (nSPS) is 11.7. The maximum Gasteiger partial charge on any atom is 0.416 e. The summed E-state index contributed by atoms with van der Waals surface area (Å²) < 4.78 is 44.5. The van der Waals surface area contributed by atoms with Gasteiger partial charge in [-0.25, -0.2) is 0 Å². The maximum absolute atomic E-state index is 12.5. The third kappa shape index (κ3) is 5.44. The van der Waals surface area contributed by atoms with Gasteiger partial charge in [-0.2, -0.15) is 18.3 Å². The van der Waals surface area contributed by atoms with Gasteiger partial charge in [0.2, 0.25) is 5.91 Å². The number of ketones is 1. The van der Waals surface area contributed by atoms with Crippen molar-refractivity contribution < 1.29 is 27.2 Å². The van der Waals surface area contributed by atoms with Crippen LogP contribution in [0, 0.1) is 0 Å². The number of carbonyl (C=O) groups is 2. The number of aromatic nitrogens is 2. The number of anilines is 1. The molecule has 150 valence electrons. The Balaban J connectivity index is 1.57. The third-order valence-corrected chi connectivity index (χ3v) is 3.89. The molecular formula is C20H16F3N3O3. The van der Waals surface area contributed by atoms with Crippen molar-refractivity contribution in [2.75, 3.05) is 5.32 Å². The highest BCUT2D eigenvalue weighted by Gasteiger charge is 2.29. The summed E-state index contributed by atoms with van der Waals surface area (Å²) in [5, 5.41) is 6.70. The van der Waals surface area contributed by atoms with E-state index in [9.17, 15) is 22.8 Å². The van der Waals surface area contributed by atoms with E-state index in [4.69, 9.17) is 4.42 Å². The van der Waals surface area contributed by atoms with Gasteiger partial charge in [-0.15, -0.1) is 0 Å². The Hall–Kier alpha value is -3.62. The molecule has 0 aliphatic carbocycles. The molecule has 0 unspecified atom stereocenters. The van der Waals surface area contributed by atoms with Crippen LogP contribution in [0.2, 0.25) is 0 Å². The number of hydrogen-bond donors (Lipinski definition) is 1. The van der Waals surface area contributed by atoms with Crippen molar-refractivity contribution in [2.45, 2.75) is 19.6 Å². The summed E-state index contributed by atoms with van der Waals surface area (Å²) in [7, 11) is 0. The first-order chi connectivity index (χ1) is 13.7. The molecule has 0 fully saturated rings. The summed E-state index contributed by atoms with van der Waals surface area (Å²) in [6, 6.07) is 7.72. The lowest BCUT2D eigenvalue weighted by molar-refractivity contribution is -0.137. The molecule has 0 atom stereocenters. The standard InChI is InChI=1S/C20H16F3N3O3/c1-13(27)18-8-7-17(29-18)12-26-11-16(10-24-26)25-19(28)9-4-14-2-5-15(6-3-14)20(21,22)23/h2-11H,12H2,1H3,(H,25,28)/b9-4+. The summed E-state index contributed by atoms with van der Waals surface area (Å²) in [6.45, 7) is 1.69. The fourth-order valence-corrected chi connectivity index (χ4v) is 2.47. The van der Waals surface area contributed by atoms with Crippen molar-refractivity contribution >= 4 is 23.5 Å². The van der Waals surface area contributed by atoms with Crippen molar-refractivity contribution in [1.82, 2.24) is 9.78 Å². The van der Waals surface area contributed by atoms with E-state index in [0.717, 1.165) is 12.1 Å². The molecule has 2 heterocycles. The maximum atomic E-state index is 12.5. The number of halogens is 3. The lowest BCUT2D eigenvalue weighted by atomic mass is 10.1. The van der Waals surface area contributed by atoms with E-state index in [2.05, 4.69) is 10.4 Å². The van der Waals surface area contributed by atoms with Crippen LogP contribution < -0.4 is 5.32 Å². The number of amides is 1. The van der Waals surface area contributed by atoms with Crippen LogP contribution >= 0.6 is 0 Å². The van der Waals surface area contributed by atoms with Gasteiger partial charge in [0.25, 0.3) is 0 Å². The molecule has 0 radical (unpaired) electrons. The molecule has 0 saturated heterocycles. The second-order valence-electron chi connectivity index (χ2n) is 6.19. The Morgan fingerprint density at radius 3 is 2.52 bits per heavy atom. The molecule has 1 amide bonds. The Morgan fingerprint density at radius 2 is 1.90 bits per heavy atom. The van der Waals surface area contributed by atoms with Gasteiger partial charge in [0.15, 0.2) is 11.5 Å². The molecule has 6 nitrogen and oxygen atoms in total. The van der Waals surface area contributed by atoms with E-state index in [-0.39, 0.29) is 18.1 Å². The molecule has 0 bridgehead atoms. The van der Waals surface area contributed by atoms with Crippen molar-refractivity contribution in [1.29, 1.82) is 0 Å². The molecule has 2 aromatic heterocycles. The number of Topliss-reactive ketones (excluding diaryl/α,β-unsaturated/α-hetero) is 1. The molecule has 0 saturated carbocycles. The van der Waals surface area contributed by atoms with E-state index >= 15 is 0 Å². The van der Waals surface area contributed by atoms with Gasteiger partial charge in [0.05, 0.1) is 24.0 Å². The number of rotatable bonds is 6. The summed E-state index contributed by atoms with van der Waals surface area (Å²) in [4.78, 5) is 23.2. The van der Waals surface area contributed by atoms with Crippen molar-refractivity contribution in [3.05, 3.63) is 77.5 Å². The van der Waals surface area contributed by atoms with Gasteiger partial charge in [-0.05, 0) is 35.9 Å². The zero-order chi connectivity index (χ0) is 21.0. The van der Waals surface area contributed by atoms with Gasteiger partial charge < -0.3 is 9.73 Å². The highest BCUT2D eigenvalue weighted by Crippen LogP contribution is 2.29. The number of nitrogens with zero attached hydrogens (tertiary/aromatic N) is 2. The summed E-state index contributed by atoms with van der Waals surface area (Å²) in [6.07, 6.45) is 1.25. The molecule has 1 N–H and O–H groups in total. The minimum absolute atomic E-state index is 0.176. The SMILES string of the molecule is CC(=O)c1ccc(Cn2cc(NC(=O)/C=C/c3ccc(C(F)(F)F)cc3)cn2)o1. The summed E-state index contributed by atoms with van der Waals surface area (Å²) in [5.74, 6) is 0.165. The molecule has 0 aliphatic rings. The molecule has 3 aromatic rings. The zero-order valence-electron chi connectivity index (χ0n) is 15.2. The topological polar surface area (TPSA) is 77.1 Å². The highest BCUT2D eigenvalue weighted by atomic mass is 19.4. The average Bonchev–Trinajstić information content (AvgIpc) is 3.30. The monoisotopic (exact) mass is 403 g/mol. The highest BCUT2D eigenvalue weighted by molar-refractivity contribution is 6.01. The van der Waals surface area contributed by atoms with Gasteiger partial charge in [0.1, 0.15) is 5.76 Å². The minimum Gasteiger partial charge on any atom is -0.456 e. The van der Waals surface area contributed by atoms with E-state index in [0.29, 0.717) is 17.0 Å². The molecule has 1 aromatic carbocycles. The number of alkyl halides is 3. The molecule has 0 spiro atoms. The van der Waals surface area contributed by atoms with Crippen LogP contribution in [0.15, 0.2) is 59.3 Å². The lowest BCUT2D eigenvalue weighted by Gasteiger charge is -2.05. The van der Waals surface area contributed by atoms with Crippen LogP contribution in [-0.4, -0.2) is 21.5 Å². The van der Waals surface area contributed by atoms with E-state index in [1.165, 1.54) is 42.1 Å². The van der Waals surface area contributed by atoms with Crippen molar-refractivity contribution in [3.8, 4) is 0 Å². The summed E-state index contributed by atoms with van der Waals surface area (Å²) >= 11 is 0. The van der Waals surface area contributed by atoms with Crippen LogP contribution in [0.25, 0.3) is 6.08 Å². The third-order valence-electron chi connectivity index (χ3n) is 3.89. The second-order valence-corrected chi connectivity index (χ2v) is 6.19. The lowest BCUT2D eigenvalue weighted by Crippen LogP contribution is -2.07. The average molecular weight is 403 g/mol. The van der Waals surface area contributed by atoms with Crippen LogP contribution in [0.3, 0.4) is 0 Å². The van der Waals surface area contributed by atoms with Crippen molar-refractivity contribution in [2.24, 2.45) is 0 Å². The molecular weight excluding hydrogens is 387 g/mol. The van der Waals surface area contributed by atoms with Crippen LogP contribution in [0.1, 0.15) is 34.4 Å². The van der Waals surface area contributed by atoms with E-state index in [1.54, 1.807) is 18.3 Å². The Labute approximate surface area is 163 Å². The Bertz CT molecular complexity index is 1050. The molecule has 9 heteroatoms. The van der Waals surface area contributed by atoms with Gasteiger partial charge in [-0.1, -0.05) is 12.1 Å². The number of nitrogens with one attached hydrogen (secondary N) is 1. The number of benzene rings is 1. The van der Waals surface area contributed by atoms with Gasteiger partial charge >= 0.3 is 6.18 Å². The predicted octanol–water partition coefficient (Wildman–Crippen LogP) is 4.40. The molecule has 29 heavy (non-hydrogen) atoms. The fourth-order valence-electron chi connectivity index (χ4n) is 2.47. The Kier molecular flexibility index (Phi) is 5.67.